The minimum atomic E-state index is -4.82. The lowest BCUT2D eigenvalue weighted by Crippen LogP contribution is -2.40. The van der Waals surface area contributed by atoms with Crippen LogP contribution in [0.15, 0.2) is 17.7 Å². The maximum atomic E-state index is 12.8. The zero-order chi connectivity index (χ0) is 14.4. The van der Waals surface area contributed by atoms with Gasteiger partial charge >= 0.3 is 12.1 Å². The van der Waals surface area contributed by atoms with Crippen molar-refractivity contribution in [2.45, 2.75) is 12.3 Å². The molecule has 1 aromatic rings. The first-order chi connectivity index (χ1) is 8.70. The third kappa shape index (κ3) is 2.64. The average Bonchev–Trinajstić information content (AvgIpc) is 2.25. The third-order valence-electron chi connectivity index (χ3n) is 2.43. The molecule has 0 radical (unpaired) electrons. The van der Waals surface area contributed by atoms with E-state index in [1.807, 2.05) is 0 Å². The van der Waals surface area contributed by atoms with Gasteiger partial charge in [0.1, 0.15) is 5.75 Å². The van der Waals surface area contributed by atoms with Crippen molar-refractivity contribution in [3.8, 4) is 5.75 Å². The van der Waals surface area contributed by atoms with Crippen LogP contribution in [0.4, 0.5) is 13.2 Å². The van der Waals surface area contributed by atoms with E-state index in [1.165, 1.54) is 12.1 Å². The molecular formula is C11H6Cl2F3O3+. The van der Waals surface area contributed by atoms with Crippen molar-refractivity contribution in [1.82, 2.24) is 0 Å². The maximum Gasteiger partial charge on any atom is 0.549 e. The molecule has 102 valence electrons. The smallest absolute Gasteiger partial charge is 0.549 e. The number of benzene rings is 1. The van der Waals surface area contributed by atoms with E-state index >= 15 is 0 Å². The number of fused-ring (bicyclic) bond motifs is 1. The minimum absolute atomic E-state index is 0.0931. The second-order valence-corrected chi connectivity index (χ2v) is 4.62. The number of hydrogen-bond donors (Lipinski definition) is 0. The number of hydrogen-bond acceptors (Lipinski definition) is 2. The second kappa shape index (κ2) is 4.61. The Bertz CT molecular complexity index is 581. The van der Waals surface area contributed by atoms with Crippen LogP contribution >= 0.6 is 23.2 Å². The molecule has 1 aromatic carbocycles. The van der Waals surface area contributed by atoms with E-state index in [1.54, 1.807) is 0 Å². The predicted molar refractivity (Wildman–Crippen MR) is 63.5 cm³/mol. The van der Waals surface area contributed by atoms with Crippen molar-refractivity contribution in [2.24, 2.45) is 0 Å². The molecule has 0 aromatic heterocycles. The van der Waals surface area contributed by atoms with Crippen molar-refractivity contribution >= 4 is 35.2 Å². The van der Waals surface area contributed by atoms with Gasteiger partial charge in [-0.05, 0) is 18.2 Å². The summed E-state index contributed by atoms with van der Waals surface area (Å²) in [6, 6.07) is 2.54. The molecule has 8 heteroatoms. The van der Waals surface area contributed by atoms with E-state index in [0.29, 0.717) is 0 Å². The standard InChI is InChI=1S/C11H5Cl2F3O3/c12-5-1-4-2-6(10(17)18)9(11(14,15)16)19-8(4)7(13)3-5/h1-3,9H,(H,17,18)/p+1/t9-/m0/s1. The van der Waals surface area contributed by atoms with Gasteiger partial charge in [-0.15, -0.1) is 0 Å². The van der Waals surface area contributed by atoms with E-state index in [9.17, 15) is 18.0 Å². The normalized spacial score (nSPS) is 18.4. The summed E-state index contributed by atoms with van der Waals surface area (Å²) < 4.78 is 43.1. The molecule has 0 spiro atoms. The molecule has 19 heavy (non-hydrogen) atoms. The van der Waals surface area contributed by atoms with Gasteiger partial charge in [-0.2, -0.15) is 13.2 Å². The van der Waals surface area contributed by atoms with Gasteiger partial charge in [-0.1, -0.05) is 23.2 Å². The molecule has 2 rings (SSSR count). The highest BCUT2D eigenvalue weighted by Crippen LogP contribution is 2.42. The molecule has 0 fully saturated rings. The van der Waals surface area contributed by atoms with E-state index in [-0.39, 0.29) is 21.4 Å². The lowest BCUT2D eigenvalue weighted by atomic mass is 10.0. The Morgan fingerprint density at radius 3 is 2.47 bits per heavy atom. The van der Waals surface area contributed by atoms with Crippen molar-refractivity contribution in [1.29, 1.82) is 0 Å². The molecule has 2 N–H and O–H groups in total. The van der Waals surface area contributed by atoms with Gasteiger partial charge in [0, 0.05) is 15.4 Å². The van der Waals surface area contributed by atoms with Crippen molar-refractivity contribution in [2.75, 3.05) is 0 Å². The van der Waals surface area contributed by atoms with E-state index in [2.05, 4.69) is 0 Å². The van der Waals surface area contributed by atoms with Crippen molar-refractivity contribution in [3.05, 3.63) is 33.3 Å². The summed E-state index contributed by atoms with van der Waals surface area (Å²) in [5, 5.41) is 6.97. The van der Waals surface area contributed by atoms with E-state index < -0.39 is 23.8 Å². The SMILES string of the molecule is O=C([OH2+])C1=Cc2cc(Cl)cc(Cl)c2O[C@@H]1C(F)(F)F. The third-order valence-corrected chi connectivity index (χ3v) is 2.92. The lowest BCUT2D eigenvalue weighted by Gasteiger charge is -2.26. The van der Waals surface area contributed by atoms with E-state index in [4.69, 9.17) is 33.0 Å². The van der Waals surface area contributed by atoms with Crippen LogP contribution in [-0.4, -0.2) is 23.4 Å². The van der Waals surface area contributed by atoms with Crippen LogP contribution in [0.1, 0.15) is 5.56 Å². The predicted octanol–water partition coefficient (Wildman–Crippen LogP) is 2.95. The first kappa shape index (κ1) is 14.0. The molecule has 0 saturated carbocycles. The largest absolute Gasteiger partial charge is 0.561 e. The van der Waals surface area contributed by atoms with Crippen LogP contribution in [0.2, 0.25) is 10.0 Å². The highest BCUT2D eigenvalue weighted by molar-refractivity contribution is 6.36. The maximum absolute atomic E-state index is 12.8. The minimum Gasteiger partial charge on any atom is -0.561 e. The summed E-state index contributed by atoms with van der Waals surface area (Å²) in [4.78, 5) is 11.0. The van der Waals surface area contributed by atoms with Crippen LogP contribution in [0.25, 0.3) is 6.08 Å². The van der Waals surface area contributed by atoms with Gasteiger partial charge in [0.15, 0.2) is 5.57 Å². The topological polar surface area (TPSA) is 49.2 Å². The molecule has 1 atom stereocenters. The summed E-state index contributed by atoms with van der Waals surface area (Å²) >= 11 is 11.5. The quantitative estimate of drug-likeness (QED) is 0.748. The molecule has 3 nitrogen and oxygen atoms in total. The van der Waals surface area contributed by atoms with Crippen LogP contribution in [-0.2, 0) is 4.79 Å². The van der Waals surface area contributed by atoms with Crippen molar-refractivity contribution in [3.63, 3.8) is 0 Å². The summed E-state index contributed by atoms with van der Waals surface area (Å²) in [5.74, 6) is -1.68. The van der Waals surface area contributed by atoms with Crippen LogP contribution < -0.4 is 4.74 Å². The fourth-order valence-electron chi connectivity index (χ4n) is 1.66. The number of rotatable bonds is 1. The first-order valence-corrected chi connectivity index (χ1v) is 5.65. The van der Waals surface area contributed by atoms with Gasteiger partial charge in [-0.25, -0.2) is 0 Å². The first-order valence-electron chi connectivity index (χ1n) is 4.90. The Balaban J connectivity index is 2.61. The fraction of sp³-hybridized carbons (Fsp3) is 0.182. The van der Waals surface area contributed by atoms with Gasteiger partial charge in [0.2, 0.25) is 6.10 Å². The lowest BCUT2D eigenvalue weighted by molar-refractivity contribution is -0.187. The second-order valence-electron chi connectivity index (χ2n) is 3.77. The van der Waals surface area contributed by atoms with Crippen LogP contribution in [0.5, 0.6) is 5.75 Å². The van der Waals surface area contributed by atoms with Crippen LogP contribution in [0.3, 0.4) is 0 Å². The monoisotopic (exact) mass is 313 g/mol. The summed E-state index contributed by atoms with van der Waals surface area (Å²) in [5.41, 5.74) is -0.674. The van der Waals surface area contributed by atoms with Gasteiger partial charge in [-0.3, -0.25) is 0 Å². The zero-order valence-corrected chi connectivity index (χ0v) is 10.5. The average molecular weight is 314 g/mol. The summed E-state index contributed by atoms with van der Waals surface area (Å²) in [6.45, 7) is 0. The molecule has 1 aliphatic rings. The van der Waals surface area contributed by atoms with Gasteiger partial charge in [0.05, 0.1) is 5.02 Å². The highest BCUT2D eigenvalue weighted by atomic mass is 35.5. The molecule has 0 saturated heterocycles. The molecule has 0 amide bonds. The van der Waals surface area contributed by atoms with Gasteiger partial charge < -0.3 is 9.84 Å². The highest BCUT2D eigenvalue weighted by Gasteiger charge is 2.51. The molecule has 1 heterocycles. The Morgan fingerprint density at radius 1 is 1.32 bits per heavy atom. The number of alkyl halides is 3. The molecule has 0 aliphatic carbocycles. The Morgan fingerprint density at radius 2 is 1.95 bits per heavy atom. The summed E-state index contributed by atoms with van der Waals surface area (Å²) in [6.07, 6.45) is -6.39. The Kier molecular flexibility index (Phi) is 3.40. The van der Waals surface area contributed by atoms with E-state index in [0.717, 1.165) is 6.08 Å². The number of carbonyl (C=O) groups excluding carboxylic acids is 1. The molecule has 0 unspecified atom stereocenters. The molecule has 1 aliphatic heterocycles. The molecular weight excluding hydrogens is 308 g/mol. The molecule has 0 bridgehead atoms. The summed E-state index contributed by atoms with van der Waals surface area (Å²) in [7, 11) is 0. The zero-order valence-electron chi connectivity index (χ0n) is 9.02. The Hall–Kier alpha value is -1.40. The Labute approximate surface area is 115 Å². The number of halogens is 5. The number of ether oxygens (including phenoxy) is 1. The van der Waals surface area contributed by atoms with Crippen molar-refractivity contribution < 1.29 is 27.8 Å². The van der Waals surface area contributed by atoms with Gasteiger partial charge in [0.25, 0.3) is 0 Å². The number of carbonyl (C=O) groups is 1. The fourth-order valence-corrected chi connectivity index (χ4v) is 2.22. The van der Waals surface area contributed by atoms with Crippen LogP contribution in [0, 0.1) is 0 Å².